The first kappa shape index (κ1) is 12.3. The van der Waals surface area contributed by atoms with E-state index < -0.39 is 6.10 Å². The smallest absolute Gasteiger partial charge is 0.128 e. The number of aliphatic hydroxyl groups excluding tert-OH is 2. The van der Waals surface area contributed by atoms with E-state index in [0.717, 1.165) is 37.3 Å². The third kappa shape index (κ3) is 2.96. The minimum Gasteiger partial charge on any atom is -0.396 e. The molecule has 1 aliphatic rings. The topological polar surface area (TPSA) is 56.6 Å². The van der Waals surface area contributed by atoms with E-state index in [9.17, 15) is 10.2 Å². The van der Waals surface area contributed by atoms with E-state index in [2.05, 4.69) is 9.88 Å². The van der Waals surface area contributed by atoms with Crippen molar-refractivity contribution in [3.05, 3.63) is 23.9 Å². The fraction of sp³-hybridized carbons (Fsp3) is 0.615. The average molecular weight is 236 g/mol. The molecule has 2 heterocycles. The lowest BCUT2D eigenvalue weighted by atomic mass is 9.99. The van der Waals surface area contributed by atoms with Crippen LogP contribution in [0.5, 0.6) is 0 Å². The molecule has 4 nitrogen and oxygen atoms in total. The van der Waals surface area contributed by atoms with E-state index in [1.807, 2.05) is 12.1 Å². The van der Waals surface area contributed by atoms with Gasteiger partial charge in [-0.25, -0.2) is 4.98 Å². The Bertz CT molecular complexity index is 351. The number of piperidine rings is 1. The lowest BCUT2D eigenvalue weighted by Gasteiger charge is -2.32. The number of anilines is 1. The maximum atomic E-state index is 9.42. The van der Waals surface area contributed by atoms with E-state index >= 15 is 0 Å². The highest BCUT2D eigenvalue weighted by Crippen LogP contribution is 2.22. The van der Waals surface area contributed by atoms with Crippen LogP contribution in [-0.2, 0) is 0 Å². The van der Waals surface area contributed by atoms with Gasteiger partial charge in [0.25, 0.3) is 0 Å². The first-order valence-corrected chi connectivity index (χ1v) is 6.20. The van der Waals surface area contributed by atoms with Gasteiger partial charge in [0.2, 0.25) is 0 Å². The van der Waals surface area contributed by atoms with Crippen molar-refractivity contribution in [1.29, 1.82) is 0 Å². The van der Waals surface area contributed by atoms with E-state index in [1.54, 1.807) is 13.1 Å². The summed E-state index contributed by atoms with van der Waals surface area (Å²) < 4.78 is 0. The van der Waals surface area contributed by atoms with Crippen LogP contribution < -0.4 is 4.90 Å². The highest BCUT2D eigenvalue weighted by atomic mass is 16.3. The SMILES string of the molecule is CC(O)c1ccc(N2CCCC(CO)C2)nc1. The average Bonchev–Trinajstić information content (AvgIpc) is 2.39. The standard InChI is InChI=1S/C13H20N2O2/c1-10(17)12-4-5-13(14-7-12)15-6-2-3-11(8-15)9-16/h4-5,7,10-11,16-17H,2-3,6,8-9H2,1H3. The molecule has 0 saturated carbocycles. The highest BCUT2D eigenvalue weighted by molar-refractivity contribution is 5.40. The first-order valence-electron chi connectivity index (χ1n) is 6.20. The van der Waals surface area contributed by atoms with Crippen molar-refractivity contribution in [3.8, 4) is 0 Å². The molecule has 1 aliphatic heterocycles. The van der Waals surface area contributed by atoms with Gasteiger partial charge in [-0.05, 0) is 37.3 Å². The van der Waals surface area contributed by atoms with Crippen molar-refractivity contribution in [2.24, 2.45) is 5.92 Å². The summed E-state index contributed by atoms with van der Waals surface area (Å²) in [5, 5.41) is 18.6. The van der Waals surface area contributed by atoms with Crippen LogP contribution in [0.25, 0.3) is 0 Å². The summed E-state index contributed by atoms with van der Waals surface area (Å²) in [7, 11) is 0. The summed E-state index contributed by atoms with van der Waals surface area (Å²) >= 11 is 0. The van der Waals surface area contributed by atoms with Crippen LogP contribution in [0.1, 0.15) is 31.4 Å². The van der Waals surface area contributed by atoms with Gasteiger partial charge in [0.15, 0.2) is 0 Å². The first-order chi connectivity index (χ1) is 8.20. The summed E-state index contributed by atoms with van der Waals surface area (Å²) in [5.41, 5.74) is 0.837. The molecule has 0 radical (unpaired) electrons. The van der Waals surface area contributed by atoms with Crippen LogP contribution in [-0.4, -0.2) is 34.9 Å². The molecule has 1 aromatic rings. The molecule has 2 N–H and O–H groups in total. The molecule has 1 saturated heterocycles. The predicted octanol–water partition coefficient (Wildman–Crippen LogP) is 1.34. The number of aliphatic hydroxyl groups is 2. The van der Waals surface area contributed by atoms with Crippen molar-refractivity contribution in [3.63, 3.8) is 0 Å². The second kappa shape index (κ2) is 5.47. The molecule has 2 unspecified atom stereocenters. The van der Waals surface area contributed by atoms with E-state index in [0.29, 0.717) is 5.92 Å². The van der Waals surface area contributed by atoms with Gasteiger partial charge in [-0.15, -0.1) is 0 Å². The zero-order chi connectivity index (χ0) is 12.3. The molecule has 2 atom stereocenters. The molecule has 2 rings (SSSR count). The van der Waals surface area contributed by atoms with Crippen LogP contribution in [0, 0.1) is 5.92 Å². The number of aromatic nitrogens is 1. The molecular weight excluding hydrogens is 216 g/mol. The molecule has 0 spiro atoms. The lowest BCUT2D eigenvalue weighted by Crippen LogP contribution is -2.37. The Balaban J connectivity index is 2.06. The van der Waals surface area contributed by atoms with Gasteiger partial charge in [0.1, 0.15) is 5.82 Å². The highest BCUT2D eigenvalue weighted by Gasteiger charge is 2.20. The second-order valence-electron chi connectivity index (χ2n) is 4.76. The van der Waals surface area contributed by atoms with Crippen molar-refractivity contribution >= 4 is 5.82 Å². The van der Waals surface area contributed by atoms with Crippen LogP contribution in [0.3, 0.4) is 0 Å². The van der Waals surface area contributed by atoms with Crippen LogP contribution >= 0.6 is 0 Å². The van der Waals surface area contributed by atoms with Gasteiger partial charge in [0.05, 0.1) is 6.10 Å². The normalized spacial score (nSPS) is 22.5. The Kier molecular flexibility index (Phi) is 3.97. The van der Waals surface area contributed by atoms with Gasteiger partial charge in [-0.2, -0.15) is 0 Å². The van der Waals surface area contributed by atoms with Gasteiger partial charge in [-0.3, -0.25) is 0 Å². The van der Waals surface area contributed by atoms with Crippen LogP contribution in [0.4, 0.5) is 5.82 Å². The molecular formula is C13H20N2O2. The largest absolute Gasteiger partial charge is 0.396 e. The van der Waals surface area contributed by atoms with Crippen molar-refractivity contribution in [2.75, 3.05) is 24.6 Å². The molecule has 1 aromatic heterocycles. The zero-order valence-corrected chi connectivity index (χ0v) is 10.2. The Morgan fingerprint density at radius 3 is 2.94 bits per heavy atom. The molecule has 0 aromatic carbocycles. The van der Waals surface area contributed by atoms with Gasteiger partial charge in [0, 0.05) is 25.9 Å². The number of rotatable bonds is 3. The van der Waals surface area contributed by atoms with Gasteiger partial charge in [-0.1, -0.05) is 6.07 Å². The van der Waals surface area contributed by atoms with Crippen molar-refractivity contribution in [1.82, 2.24) is 4.98 Å². The summed E-state index contributed by atoms with van der Waals surface area (Å²) in [4.78, 5) is 6.58. The number of pyridine rings is 1. The third-order valence-corrected chi connectivity index (χ3v) is 3.35. The minimum atomic E-state index is -0.469. The van der Waals surface area contributed by atoms with E-state index in [-0.39, 0.29) is 6.61 Å². The molecule has 0 aliphatic carbocycles. The Labute approximate surface area is 102 Å². The number of nitrogens with zero attached hydrogens (tertiary/aromatic N) is 2. The third-order valence-electron chi connectivity index (χ3n) is 3.35. The molecule has 17 heavy (non-hydrogen) atoms. The van der Waals surface area contributed by atoms with E-state index in [1.165, 1.54) is 0 Å². The fourth-order valence-electron chi connectivity index (χ4n) is 2.25. The van der Waals surface area contributed by atoms with Gasteiger partial charge >= 0.3 is 0 Å². The maximum Gasteiger partial charge on any atom is 0.128 e. The van der Waals surface area contributed by atoms with E-state index in [4.69, 9.17) is 0 Å². The van der Waals surface area contributed by atoms with Crippen molar-refractivity contribution < 1.29 is 10.2 Å². The molecule has 0 bridgehead atoms. The monoisotopic (exact) mass is 236 g/mol. The minimum absolute atomic E-state index is 0.252. The van der Waals surface area contributed by atoms with Crippen LogP contribution in [0.15, 0.2) is 18.3 Å². The summed E-state index contributed by atoms with van der Waals surface area (Å²) in [5.74, 6) is 1.30. The summed E-state index contributed by atoms with van der Waals surface area (Å²) in [6.45, 7) is 3.86. The maximum absolute atomic E-state index is 9.42. The lowest BCUT2D eigenvalue weighted by molar-refractivity contribution is 0.199. The number of hydrogen-bond donors (Lipinski definition) is 2. The number of hydrogen-bond acceptors (Lipinski definition) is 4. The van der Waals surface area contributed by atoms with Crippen molar-refractivity contribution in [2.45, 2.75) is 25.9 Å². The Morgan fingerprint density at radius 2 is 2.35 bits per heavy atom. The summed E-state index contributed by atoms with van der Waals surface area (Å²) in [6, 6.07) is 3.86. The molecule has 4 heteroatoms. The second-order valence-corrected chi connectivity index (χ2v) is 4.76. The Hall–Kier alpha value is -1.13. The fourth-order valence-corrected chi connectivity index (χ4v) is 2.25. The predicted molar refractivity (Wildman–Crippen MR) is 66.9 cm³/mol. The quantitative estimate of drug-likeness (QED) is 0.831. The van der Waals surface area contributed by atoms with Gasteiger partial charge < -0.3 is 15.1 Å². The molecule has 1 fully saturated rings. The van der Waals surface area contributed by atoms with Crippen LogP contribution in [0.2, 0.25) is 0 Å². The molecule has 94 valence electrons. The zero-order valence-electron chi connectivity index (χ0n) is 10.2. The molecule has 0 amide bonds. The summed E-state index contributed by atoms with van der Waals surface area (Å²) in [6.07, 6.45) is 3.45. The Morgan fingerprint density at radius 1 is 1.53 bits per heavy atom.